The van der Waals surface area contributed by atoms with E-state index in [9.17, 15) is 22.4 Å². The largest absolute Gasteiger partial charge is 0.318 e. The van der Waals surface area contributed by atoms with E-state index in [0.717, 1.165) is 0 Å². The lowest BCUT2D eigenvalue weighted by Crippen LogP contribution is -2.34. The van der Waals surface area contributed by atoms with Gasteiger partial charge in [-0.05, 0) is 0 Å². The summed E-state index contributed by atoms with van der Waals surface area (Å²) < 4.78 is 37.4. The highest BCUT2D eigenvalue weighted by molar-refractivity contribution is 7.86. The molecular weight excluding hydrogens is 229 g/mol. The molecule has 0 bridgehead atoms. The van der Waals surface area contributed by atoms with E-state index >= 15 is 0 Å². The Balaban J connectivity index is 2.90. The number of alkyl halides is 1. The van der Waals surface area contributed by atoms with Gasteiger partial charge >= 0.3 is 10.1 Å². The lowest BCUT2D eigenvalue weighted by Gasteiger charge is -2.11. The molecule has 1 fully saturated rings. The second kappa shape index (κ2) is 3.86. The van der Waals surface area contributed by atoms with Crippen LogP contribution in [0, 0.1) is 11.8 Å². The number of nitrogens with zero attached hydrogens (tertiary/aromatic N) is 1. The third kappa shape index (κ3) is 2.15. The number of carbonyl (C=O) groups excluding carboxylic acids is 2. The van der Waals surface area contributed by atoms with Crippen molar-refractivity contribution in [3.05, 3.63) is 0 Å². The van der Waals surface area contributed by atoms with Crippen LogP contribution >= 0.6 is 0 Å². The number of hydroxylamine groups is 2. The van der Waals surface area contributed by atoms with E-state index in [1.165, 1.54) is 13.8 Å². The van der Waals surface area contributed by atoms with Crippen molar-refractivity contribution < 1.29 is 26.7 Å². The van der Waals surface area contributed by atoms with Gasteiger partial charge in [0.05, 0.1) is 0 Å². The standard InChI is InChI=1S/C7H10FNO5S/c1-4-5(2)7(11)9(6(4)10)14-15(12,13)3-8/h4-5H,3H2,1-2H3. The number of halogens is 1. The van der Waals surface area contributed by atoms with Gasteiger partial charge in [-0.25, -0.2) is 4.39 Å². The van der Waals surface area contributed by atoms with Crippen LogP contribution < -0.4 is 0 Å². The first-order valence-corrected chi connectivity index (χ1v) is 5.74. The van der Waals surface area contributed by atoms with Crippen LogP contribution in [-0.2, 0) is 24.0 Å². The van der Waals surface area contributed by atoms with Crippen molar-refractivity contribution in [2.24, 2.45) is 11.8 Å². The maximum atomic E-state index is 11.9. The van der Waals surface area contributed by atoms with Gasteiger partial charge < -0.3 is 0 Å². The van der Waals surface area contributed by atoms with Gasteiger partial charge in [0, 0.05) is 11.8 Å². The molecule has 0 N–H and O–H groups in total. The van der Waals surface area contributed by atoms with Crippen LogP contribution in [0.15, 0.2) is 0 Å². The van der Waals surface area contributed by atoms with Crippen molar-refractivity contribution in [1.29, 1.82) is 0 Å². The molecule has 1 aliphatic heterocycles. The molecule has 0 saturated carbocycles. The van der Waals surface area contributed by atoms with Gasteiger partial charge in [-0.2, -0.15) is 8.42 Å². The van der Waals surface area contributed by atoms with Crippen molar-refractivity contribution in [1.82, 2.24) is 5.06 Å². The van der Waals surface area contributed by atoms with E-state index < -0.39 is 39.8 Å². The first-order valence-electron chi connectivity index (χ1n) is 4.16. The van der Waals surface area contributed by atoms with Gasteiger partial charge in [-0.15, -0.1) is 9.35 Å². The molecule has 6 nitrogen and oxygen atoms in total. The van der Waals surface area contributed by atoms with Crippen molar-refractivity contribution in [3.8, 4) is 0 Å². The molecule has 2 atom stereocenters. The average molecular weight is 239 g/mol. The first kappa shape index (κ1) is 12.1. The minimum atomic E-state index is -4.50. The Kier molecular flexibility index (Phi) is 3.10. The molecule has 0 spiro atoms. The van der Waals surface area contributed by atoms with Crippen LogP contribution in [0.5, 0.6) is 0 Å². The number of rotatable bonds is 3. The summed E-state index contributed by atoms with van der Waals surface area (Å²) in [6.45, 7) is 2.94. The highest BCUT2D eigenvalue weighted by Crippen LogP contribution is 2.26. The molecule has 1 heterocycles. The van der Waals surface area contributed by atoms with Crippen molar-refractivity contribution in [3.63, 3.8) is 0 Å². The molecule has 0 aromatic rings. The number of carbonyl (C=O) groups is 2. The maximum Gasteiger partial charge on any atom is 0.318 e. The summed E-state index contributed by atoms with van der Waals surface area (Å²) in [4.78, 5) is 22.6. The number of imide groups is 1. The fraction of sp³-hybridized carbons (Fsp3) is 0.714. The third-order valence-electron chi connectivity index (χ3n) is 2.25. The Morgan fingerprint density at radius 1 is 1.27 bits per heavy atom. The van der Waals surface area contributed by atoms with Crippen LogP contribution in [0.25, 0.3) is 0 Å². The van der Waals surface area contributed by atoms with Gasteiger partial charge in [0.2, 0.25) is 6.01 Å². The number of amides is 2. The molecule has 8 heteroatoms. The van der Waals surface area contributed by atoms with Crippen LogP contribution in [0.4, 0.5) is 4.39 Å². The molecule has 0 aromatic heterocycles. The molecule has 0 aromatic carbocycles. The zero-order valence-corrected chi connectivity index (χ0v) is 8.95. The van der Waals surface area contributed by atoms with E-state index in [-0.39, 0.29) is 5.06 Å². The molecule has 2 unspecified atom stereocenters. The van der Waals surface area contributed by atoms with Crippen LogP contribution in [0.2, 0.25) is 0 Å². The lowest BCUT2D eigenvalue weighted by molar-refractivity contribution is -0.165. The zero-order chi connectivity index (χ0) is 11.8. The van der Waals surface area contributed by atoms with Crippen molar-refractivity contribution in [2.75, 3.05) is 6.01 Å². The molecule has 1 aliphatic rings. The average Bonchev–Trinajstić information content (AvgIpc) is 2.36. The topological polar surface area (TPSA) is 80.8 Å². The van der Waals surface area contributed by atoms with Gasteiger partial charge in [0.25, 0.3) is 11.8 Å². The quantitative estimate of drug-likeness (QED) is 0.638. The van der Waals surface area contributed by atoms with E-state index in [0.29, 0.717) is 0 Å². The maximum absolute atomic E-state index is 11.9. The molecular formula is C7H10FNO5S. The van der Waals surface area contributed by atoms with E-state index in [4.69, 9.17) is 0 Å². The third-order valence-corrected chi connectivity index (χ3v) is 2.89. The van der Waals surface area contributed by atoms with Crippen LogP contribution in [0.1, 0.15) is 13.8 Å². The molecule has 86 valence electrons. The summed E-state index contributed by atoms with van der Waals surface area (Å²) in [5.74, 6) is -2.87. The predicted octanol–water partition coefficient (Wildman–Crippen LogP) is -0.184. The summed E-state index contributed by atoms with van der Waals surface area (Å²) in [5.41, 5.74) is 0. The summed E-state index contributed by atoms with van der Waals surface area (Å²) in [7, 11) is -4.50. The highest BCUT2D eigenvalue weighted by Gasteiger charge is 2.45. The Labute approximate surface area is 86.1 Å². The molecule has 0 aliphatic carbocycles. The zero-order valence-electron chi connectivity index (χ0n) is 8.14. The summed E-state index contributed by atoms with van der Waals surface area (Å²) in [6, 6.07) is -1.78. The second-order valence-corrected chi connectivity index (χ2v) is 4.77. The predicted molar refractivity (Wildman–Crippen MR) is 46.2 cm³/mol. The summed E-state index contributed by atoms with van der Waals surface area (Å²) >= 11 is 0. The van der Waals surface area contributed by atoms with E-state index in [1.54, 1.807) is 0 Å². The van der Waals surface area contributed by atoms with Crippen molar-refractivity contribution >= 4 is 21.9 Å². The fourth-order valence-corrected chi connectivity index (χ4v) is 1.53. The molecule has 1 rings (SSSR count). The Bertz CT molecular complexity index is 372. The number of hydrogen-bond acceptors (Lipinski definition) is 5. The monoisotopic (exact) mass is 239 g/mol. The summed E-state index contributed by atoms with van der Waals surface area (Å²) in [6.07, 6.45) is 0. The van der Waals surface area contributed by atoms with Gasteiger partial charge in [0.1, 0.15) is 0 Å². The Morgan fingerprint density at radius 3 is 2.00 bits per heavy atom. The highest BCUT2D eigenvalue weighted by atomic mass is 32.2. The van der Waals surface area contributed by atoms with Crippen molar-refractivity contribution in [2.45, 2.75) is 13.8 Å². The fourth-order valence-electron chi connectivity index (χ4n) is 1.11. The minimum Gasteiger partial charge on any atom is -0.272 e. The second-order valence-electron chi connectivity index (χ2n) is 3.29. The van der Waals surface area contributed by atoms with Gasteiger partial charge in [-0.3, -0.25) is 9.59 Å². The SMILES string of the molecule is CC1C(=O)N(OS(=O)(=O)CF)C(=O)C1C. The van der Waals surface area contributed by atoms with Gasteiger partial charge in [-0.1, -0.05) is 13.8 Å². The summed E-state index contributed by atoms with van der Waals surface area (Å²) in [5, 5.41) is 0.115. The molecule has 0 radical (unpaired) electrons. The van der Waals surface area contributed by atoms with E-state index in [1.807, 2.05) is 0 Å². The van der Waals surface area contributed by atoms with Crippen LogP contribution in [-0.4, -0.2) is 31.3 Å². The first-order chi connectivity index (χ1) is 6.80. The smallest absolute Gasteiger partial charge is 0.272 e. The Hall–Kier alpha value is -1.02. The molecule has 2 amide bonds. The number of hydrogen-bond donors (Lipinski definition) is 0. The van der Waals surface area contributed by atoms with Crippen LogP contribution in [0.3, 0.4) is 0 Å². The van der Waals surface area contributed by atoms with E-state index in [2.05, 4.69) is 4.28 Å². The van der Waals surface area contributed by atoms with Gasteiger partial charge in [0.15, 0.2) is 0 Å². The Morgan fingerprint density at radius 2 is 1.67 bits per heavy atom. The molecule has 1 saturated heterocycles. The normalized spacial score (nSPS) is 27.5. The lowest BCUT2D eigenvalue weighted by atomic mass is 10.00. The molecule has 15 heavy (non-hydrogen) atoms. The minimum absolute atomic E-state index is 0.115.